The van der Waals surface area contributed by atoms with Crippen molar-refractivity contribution in [2.75, 3.05) is 19.6 Å². The van der Waals surface area contributed by atoms with Gasteiger partial charge in [-0.2, -0.15) is 0 Å². The van der Waals surface area contributed by atoms with E-state index < -0.39 is 0 Å². The van der Waals surface area contributed by atoms with Crippen LogP contribution in [-0.4, -0.2) is 30.6 Å². The highest BCUT2D eigenvalue weighted by Crippen LogP contribution is 2.25. The fourth-order valence-electron chi connectivity index (χ4n) is 3.12. The number of hydrogen-bond donors (Lipinski definition) is 1. The van der Waals surface area contributed by atoms with Crippen LogP contribution in [0.15, 0.2) is 47.8 Å². The van der Waals surface area contributed by atoms with Crippen LogP contribution in [0.4, 0.5) is 0 Å². The fourth-order valence-corrected chi connectivity index (χ4v) is 3.94. The van der Waals surface area contributed by atoms with Crippen molar-refractivity contribution < 1.29 is 0 Å². The van der Waals surface area contributed by atoms with Crippen LogP contribution in [0.5, 0.6) is 0 Å². The Morgan fingerprint density at radius 1 is 1.24 bits per heavy atom. The van der Waals surface area contributed by atoms with Crippen molar-refractivity contribution in [3.63, 3.8) is 0 Å². The van der Waals surface area contributed by atoms with Crippen LogP contribution in [-0.2, 0) is 6.42 Å². The first kappa shape index (κ1) is 14.8. The summed E-state index contributed by atoms with van der Waals surface area (Å²) in [5, 5.41) is 5.91. The first-order chi connectivity index (χ1) is 10.3. The third-order valence-electron chi connectivity index (χ3n) is 4.34. The zero-order chi connectivity index (χ0) is 14.5. The SMILES string of the molecule is CC(c1cccs1)N1CCCNC(Cc2ccccc2)C1. The van der Waals surface area contributed by atoms with Crippen LogP contribution in [0.1, 0.15) is 29.8 Å². The van der Waals surface area contributed by atoms with Crippen molar-refractivity contribution >= 4 is 11.3 Å². The summed E-state index contributed by atoms with van der Waals surface area (Å²) in [7, 11) is 0. The van der Waals surface area contributed by atoms with Gasteiger partial charge in [-0.25, -0.2) is 0 Å². The minimum atomic E-state index is 0.531. The molecular weight excluding hydrogens is 276 g/mol. The molecule has 1 aromatic carbocycles. The molecule has 0 aliphatic carbocycles. The van der Waals surface area contributed by atoms with Crippen LogP contribution in [0.25, 0.3) is 0 Å². The zero-order valence-electron chi connectivity index (χ0n) is 12.7. The molecule has 2 aromatic rings. The van der Waals surface area contributed by atoms with Gasteiger partial charge in [0.1, 0.15) is 0 Å². The Hall–Kier alpha value is -1.16. The second-order valence-electron chi connectivity index (χ2n) is 5.88. The molecule has 1 aliphatic heterocycles. The van der Waals surface area contributed by atoms with Crippen molar-refractivity contribution in [1.82, 2.24) is 10.2 Å². The predicted molar refractivity (Wildman–Crippen MR) is 90.9 cm³/mol. The third kappa shape index (κ3) is 3.94. The highest BCUT2D eigenvalue weighted by Gasteiger charge is 2.23. The summed E-state index contributed by atoms with van der Waals surface area (Å²) in [4.78, 5) is 4.12. The molecule has 1 fully saturated rings. The summed E-state index contributed by atoms with van der Waals surface area (Å²) in [6.07, 6.45) is 2.36. The molecule has 3 heteroatoms. The molecule has 3 rings (SSSR count). The molecule has 2 atom stereocenters. The molecule has 112 valence electrons. The monoisotopic (exact) mass is 300 g/mol. The van der Waals surface area contributed by atoms with Gasteiger partial charge < -0.3 is 5.32 Å². The number of nitrogens with zero attached hydrogens (tertiary/aromatic N) is 1. The Morgan fingerprint density at radius 2 is 2.10 bits per heavy atom. The maximum absolute atomic E-state index is 3.72. The van der Waals surface area contributed by atoms with E-state index in [1.54, 1.807) is 0 Å². The topological polar surface area (TPSA) is 15.3 Å². The van der Waals surface area contributed by atoms with Crippen molar-refractivity contribution in [2.24, 2.45) is 0 Å². The molecule has 1 aliphatic rings. The van der Waals surface area contributed by atoms with Crippen molar-refractivity contribution in [3.8, 4) is 0 Å². The molecule has 21 heavy (non-hydrogen) atoms. The Labute approximate surface area is 131 Å². The van der Waals surface area contributed by atoms with Gasteiger partial charge in [-0.15, -0.1) is 11.3 Å². The van der Waals surface area contributed by atoms with Crippen LogP contribution >= 0.6 is 11.3 Å². The minimum Gasteiger partial charge on any atom is -0.312 e. The van der Waals surface area contributed by atoms with Crippen LogP contribution in [0.2, 0.25) is 0 Å². The first-order valence-corrected chi connectivity index (χ1v) is 8.75. The van der Waals surface area contributed by atoms with Gasteiger partial charge in [0.2, 0.25) is 0 Å². The normalized spacial score (nSPS) is 21.9. The molecule has 1 saturated heterocycles. The summed E-state index contributed by atoms with van der Waals surface area (Å²) in [6, 6.07) is 16.3. The average molecular weight is 300 g/mol. The van der Waals surface area contributed by atoms with Crippen LogP contribution in [0.3, 0.4) is 0 Å². The lowest BCUT2D eigenvalue weighted by molar-refractivity contribution is 0.209. The Morgan fingerprint density at radius 3 is 2.86 bits per heavy atom. The number of thiophene rings is 1. The van der Waals surface area contributed by atoms with E-state index in [0.717, 1.165) is 19.5 Å². The Bertz CT molecular complexity index is 523. The molecule has 1 aromatic heterocycles. The van der Waals surface area contributed by atoms with Crippen molar-refractivity contribution in [2.45, 2.75) is 31.8 Å². The van der Waals surface area contributed by atoms with Gasteiger partial charge >= 0.3 is 0 Å². The number of nitrogens with one attached hydrogen (secondary N) is 1. The summed E-state index contributed by atoms with van der Waals surface area (Å²) in [5.74, 6) is 0. The van der Waals surface area contributed by atoms with Gasteiger partial charge in [0.05, 0.1) is 0 Å². The Kier molecular flexibility index (Phi) is 5.07. The second kappa shape index (κ2) is 7.21. The highest BCUT2D eigenvalue weighted by molar-refractivity contribution is 7.10. The quantitative estimate of drug-likeness (QED) is 0.926. The Balaban J connectivity index is 1.66. The molecule has 0 saturated carbocycles. The standard InChI is InChI=1S/C18H24N2S/c1-15(18-9-5-12-21-18)20-11-6-10-19-17(14-20)13-16-7-3-2-4-8-16/h2-5,7-9,12,15,17,19H,6,10-11,13-14H2,1H3. The molecule has 0 spiro atoms. The average Bonchev–Trinajstić information content (AvgIpc) is 2.95. The second-order valence-corrected chi connectivity index (χ2v) is 6.86. The van der Waals surface area contributed by atoms with Gasteiger partial charge in [0.25, 0.3) is 0 Å². The summed E-state index contributed by atoms with van der Waals surface area (Å²) in [5.41, 5.74) is 1.43. The molecule has 2 nitrogen and oxygen atoms in total. The summed E-state index contributed by atoms with van der Waals surface area (Å²) < 4.78 is 0. The van der Waals surface area contributed by atoms with E-state index in [9.17, 15) is 0 Å². The van der Waals surface area contributed by atoms with Gasteiger partial charge in [-0.1, -0.05) is 36.4 Å². The molecular formula is C18H24N2S. The largest absolute Gasteiger partial charge is 0.312 e. The molecule has 0 bridgehead atoms. The maximum Gasteiger partial charge on any atom is 0.0413 e. The van der Waals surface area contributed by atoms with E-state index in [0.29, 0.717) is 12.1 Å². The van der Waals surface area contributed by atoms with Crippen LogP contribution < -0.4 is 5.32 Å². The van der Waals surface area contributed by atoms with Gasteiger partial charge in [-0.3, -0.25) is 4.90 Å². The van der Waals surface area contributed by atoms with Gasteiger partial charge in [0, 0.05) is 30.1 Å². The maximum atomic E-state index is 3.72. The molecule has 0 radical (unpaired) electrons. The summed E-state index contributed by atoms with van der Waals surface area (Å²) in [6.45, 7) is 5.80. The predicted octanol–water partition coefficient (Wildman–Crippen LogP) is 3.72. The number of hydrogen-bond acceptors (Lipinski definition) is 3. The zero-order valence-corrected chi connectivity index (χ0v) is 13.5. The molecule has 2 heterocycles. The van der Waals surface area contributed by atoms with Crippen molar-refractivity contribution in [1.29, 1.82) is 0 Å². The van der Waals surface area contributed by atoms with Crippen LogP contribution in [0, 0.1) is 0 Å². The lowest BCUT2D eigenvalue weighted by Gasteiger charge is -2.29. The number of benzene rings is 1. The van der Waals surface area contributed by atoms with Crippen molar-refractivity contribution in [3.05, 3.63) is 58.3 Å². The fraction of sp³-hybridized carbons (Fsp3) is 0.444. The van der Waals surface area contributed by atoms with Gasteiger partial charge in [-0.05, 0) is 43.3 Å². The van der Waals surface area contributed by atoms with E-state index in [2.05, 4.69) is 65.0 Å². The summed E-state index contributed by atoms with van der Waals surface area (Å²) >= 11 is 1.87. The van der Waals surface area contributed by atoms with E-state index in [1.165, 1.54) is 23.4 Å². The van der Waals surface area contributed by atoms with E-state index in [1.807, 2.05) is 11.3 Å². The van der Waals surface area contributed by atoms with Gasteiger partial charge in [0.15, 0.2) is 0 Å². The lowest BCUT2D eigenvalue weighted by Crippen LogP contribution is -2.40. The van der Waals surface area contributed by atoms with E-state index in [4.69, 9.17) is 0 Å². The van der Waals surface area contributed by atoms with E-state index >= 15 is 0 Å². The van der Waals surface area contributed by atoms with E-state index in [-0.39, 0.29) is 0 Å². The lowest BCUT2D eigenvalue weighted by atomic mass is 10.1. The smallest absolute Gasteiger partial charge is 0.0413 e. The third-order valence-corrected chi connectivity index (χ3v) is 5.38. The molecule has 2 unspecified atom stereocenters. The molecule has 0 amide bonds. The highest BCUT2D eigenvalue weighted by atomic mass is 32.1. The first-order valence-electron chi connectivity index (χ1n) is 7.87. The minimum absolute atomic E-state index is 0.531. The number of rotatable bonds is 4. The molecule has 1 N–H and O–H groups in total.